The van der Waals surface area contributed by atoms with Gasteiger partial charge in [-0.2, -0.15) is 4.72 Å². The zero-order valence-electron chi connectivity index (χ0n) is 38.4. The Morgan fingerprint density at radius 1 is 0.672 bits per heavy atom. The van der Waals surface area contributed by atoms with Gasteiger partial charge in [0.15, 0.2) is 0 Å². The average Bonchev–Trinajstić information content (AvgIpc) is 3.56. The minimum Gasteiger partial charge on any atom is -0.480 e. The molecule has 348 valence electrons. The number of amides is 4. The molecule has 4 rings (SSSR count). The second-order valence-corrected chi connectivity index (χ2v) is 19.8. The lowest BCUT2D eigenvalue weighted by Crippen LogP contribution is -2.58. The van der Waals surface area contributed by atoms with Gasteiger partial charge in [0, 0.05) is 48.6 Å². The molecule has 1 heterocycles. The summed E-state index contributed by atoms with van der Waals surface area (Å²) in [5.41, 5.74) is 0.985. The first-order valence-corrected chi connectivity index (χ1v) is 22.8. The van der Waals surface area contributed by atoms with Gasteiger partial charge in [-0.1, -0.05) is 70.2 Å². The predicted molar refractivity (Wildman–Crippen MR) is 245 cm³/mol. The van der Waals surface area contributed by atoms with Crippen LogP contribution >= 0.6 is 0 Å². The van der Waals surface area contributed by atoms with Gasteiger partial charge in [0.05, 0.1) is 10.4 Å². The van der Waals surface area contributed by atoms with E-state index in [1.165, 1.54) is 30.7 Å². The number of hydrogen-bond donors (Lipinski definition) is 6. The molecular formula is C46H63N7O10S. The normalized spacial score (nSPS) is 14.3. The Labute approximate surface area is 375 Å². The van der Waals surface area contributed by atoms with Crippen LogP contribution in [0, 0.1) is 11.8 Å². The maximum atomic E-state index is 13.8. The number of nitrogens with one attached hydrogen (secondary N) is 5. The van der Waals surface area contributed by atoms with Crippen LogP contribution in [0.2, 0.25) is 0 Å². The molecule has 1 aromatic heterocycles. The quantitative estimate of drug-likeness (QED) is 0.0756. The lowest BCUT2D eigenvalue weighted by molar-refractivity contribution is -0.142. The molecule has 0 saturated heterocycles. The first kappa shape index (κ1) is 50.6. The fourth-order valence-corrected chi connectivity index (χ4v) is 8.60. The molecule has 64 heavy (non-hydrogen) atoms. The number of carbonyl (C=O) groups is 6. The van der Waals surface area contributed by atoms with E-state index in [1.807, 2.05) is 58.8 Å². The van der Waals surface area contributed by atoms with Crippen LogP contribution < -0.4 is 30.9 Å². The predicted octanol–water partition coefficient (Wildman–Crippen LogP) is 4.69. The molecule has 0 saturated carbocycles. The number of aliphatic carboxylic acids is 1. The Kier molecular flexibility index (Phi) is 16.7. The fraction of sp³-hybridized carbons (Fsp3) is 0.478. The monoisotopic (exact) mass is 905 g/mol. The Hall–Kier alpha value is -6.01. The molecule has 4 amide bonds. The number of nitrogens with zero attached hydrogens (tertiary/aromatic N) is 2. The SMILES string of the molecule is CC(C)C[C@H](NC(=O)[C@H](C)NC(=O)[C@H](C)NC(=O)[C@H](CC(C)C)NS(=O)(=O)c1cccc2c(N(C)C)cccc12)C(=O)N[C@@H](Cc1cn(C(=O)OC(C)(C)C)c2ccccc12)C(=O)O. The molecular weight excluding hydrogens is 843 g/mol. The van der Waals surface area contributed by atoms with Crippen LogP contribution in [0.1, 0.15) is 80.7 Å². The highest BCUT2D eigenvalue weighted by molar-refractivity contribution is 7.89. The van der Waals surface area contributed by atoms with Crippen molar-refractivity contribution >= 4 is 73.1 Å². The van der Waals surface area contributed by atoms with Gasteiger partial charge in [0.1, 0.15) is 35.8 Å². The second-order valence-electron chi connectivity index (χ2n) is 18.1. The van der Waals surface area contributed by atoms with Crippen LogP contribution in [-0.2, 0) is 45.2 Å². The molecule has 5 atom stereocenters. The summed E-state index contributed by atoms with van der Waals surface area (Å²) in [5, 5.41) is 22.2. The van der Waals surface area contributed by atoms with E-state index >= 15 is 0 Å². The maximum absolute atomic E-state index is 13.8. The number of carboxylic acids is 1. The molecule has 0 unspecified atom stereocenters. The van der Waals surface area contributed by atoms with Crippen LogP contribution in [0.3, 0.4) is 0 Å². The molecule has 0 fully saturated rings. The van der Waals surface area contributed by atoms with Crippen molar-refractivity contribution < 1.29 is 47.0 Å². The highest BCUT2D eigenvalue weighted by Crippen LogP contribution is 2.31. The van der Waals surface area contributed by atoms with Gasteiger partial charge >= 0.3 is 12.1 Å². The Morgan fingerprint density at radius 3 is 1.78 bits per heavy atom. The maximum Gasteiger partial charge on any atom is 0.419 e. The van der Waals surface area contributed by atoms with E-state index in [0.717, 1.165) is 5.69 Å². The van der Waals surface area contributed by atoms with Crippen molar-refractivity contribution in [3.8, 4) is 0 Å². The summed E-state index contributed by atoms with van der Waals surface area (Å²) in [6.45, 7) is 15.2. The highest BCUT2D eigenvalue weighted by Gasteiger charge is 2.33. The molecule has 6 N–H and O–H groups in total. The first-order valence-electron chi connectivity index (χ1n) is 21.3. The van der Waals surface area contributed by atoms with Gasteiger partial charge in [-0.15, -0.1) is 0 Å². The molecule has 18 heteroatoms. The Morgan fingerprint density at radius 2 is 1.19 bits per heavy atom. The molecule has 0 spiro atoms. The van der Waals surface area contributed by atoms with Gasteiger partial charge in [-0.25, -0.2) is 18.0 Å². The molecule has 0 aliphatic carbocycles. The molecule has 3 aromatic carbocycles. The minimum atomic E-state index is -4.24. The largest absolute Gasteiger partial charge is 0.480 e. The number of sulfonamides is 1. The number of carbonyl (C=O) groups excluding carboxylic acids is 5. The van der Waals surface area contributed by atoms with Crippen molar-refractivity contribution in [2.75, 3.05) is 19.0 Å². The number of carboxylic acid groups (broad SMARTS) is 1. The fourth-order valence-electron chi connectivity index (χ4n) is 7.17. The highest BCUT2D eigenvalue weighted by atomic mass is 32.2. The van der Waals surface area contributed by atoms with Crippen molar-refractivity contribution in [2.45, 2.75) is 122 Å². The van der Waals surface area contributed by atoms with E-state index in [2.05, 4.69) is 26.0 Å². The van der Waals surface area contributed by atoms with Crippen molar-refractivity contribution in [1.29, 1.82) is 0 Å². The average molecular weight is 906 g/mol. The van der Waals surface area contributed by atoms with E-state index in [0.29, 0.717) is 27.2 Å². The standard InChI is InChI=1S/C46H63N7O10S/c1-26(2)22-34(42(56)50-36(44(58)59)24-30-25-53(45(60)63-46(7,8)9)38-19-13-12-16-31(30)38)49-41(55)29(6)47-40(54)28(5)48-43(57)35(23-27(3)4)51-64(61,62)39-21-15-17-32-33(39)18-14-20-37(32)52(10)11/h12-21,25-29,34-36,51H,22-24H2,1-11H3,(H,47,54)(H,48,57)(H,49,55)(H,50,56)(H,58,59)/t28-,29-,34-,35-,36-/m0/s1. The van der Waals surface area contributed by atoms with E-state index in [-0.39, 0.29) is 36.0 Å². The van der Waals surface area contributed by atoms with Crippen molar-refractivity contribution in [1.82, 2.24) is 30.6 Å². The summed E-state index contributed by atoms with van der Waals surface area (Å²) in [7, 11) is -0.541. The number of para-hydroxylation sites is 1. The van der Waals surface area contributed by atoms with Gasteiger partial charge in [-0.3, -0.25) is 23.7 Å². The number of anilines is 1. The third-order valence-electron chi connectivity index (χ3n) is 10.2. The van der Waals surface area contributed by atoms with Gasteiger partial charge in [-0.05, 0) is 83.1 Å². The zero-order valence-corrected chi connectivity index (χ0v) is 39.3. The summed E-state index contributed by atoms with van der Waals surface area (Å²) < 4.78 is 37.1. The van der Waals surface area contributed by atoms with Gasteiger partial charge in [0.2, 0.25) is 33.7 Å². The molecule has 0 radical (unpaired) electrons. The summed E-state index contributed by atoms with van der Waals surface area (Å²) in [6, 6.07) is 10.8. The number of rotatable bonds is 19. The van der Waals surface area contributed by atoms with E-state index in [9.17, 15) is 42.3 Å². The molecule has 17 nitrogen and oxygen atoms in total. The summed E-state index contributed by atoms with van der Waals surface area (Å²) in [4.78, 5) is 81.6. The molecule has 0 aliphatic rings. The van der Waals surface area contributed by atoms with Gasteiger partial charge in [0.25, 0.3) is 0 Å². The molecule has 0 bridgehead atoms. The summed E-state index contributed by atoms with van der Waals surface area (Å²) in [5.74, 6) is -4.62. The van der Waals surface area contributed by atoms with Crippen LogP contribution in [-0.4, -0.2) is 104 Å². The van der Waals surface area contributed by atoms with Crippen molar-refractivity contribution in [3.63, 3.8) is 0 Å². The van der Waals surface area contributed by atoms with Crippen molar-refractivity contribution in [3.05, 3.63) is 72.4 Å². The zero-order chi connectivity index (χ0) is 47.8. The van der Waals surface area contributed by atoms with Crippen LogP contribution in [0.4, 0.5) is 10.5 Å². The lowest BCUT2D eigenvalue weighted by Gasteiger charge is -2.25. The minimum absolute atomic E-state index is 0.00701. The number of ether oxygens (including phenoxy) is 1. The summed E-state index contributed by atoms with van der Waals surface area (Å²) >= 11 is 0. The van der Waals surface area contributed by atoms with E-state index in [4.69, 9.17) is 4.74 Å². The Balaban J connectivity index is 1.43. The number of fused-ring (bicyclic) bond motifs is 2. The summed E-state index contributed by atoms with van der Waals surface area (Å²) in [6.07, 6.45) is 0.868. The number of aromatic nitrogens is 1. The first-order chi connectivity index (χ1) is 29.8. The van der Waals surface area contributed by atoms with E-state index in [1.54, 1.807) is 63.2 Å². The topological polar surface area (TPSA) is 234 Å². The number of benzene rings is 3. The third kappa shape index (κ3) is 13.3. The lowest BCUT2D eigenvalue weighted by atomic mass is 10.0. The van der Waals surface area contributed by atoms with Crippen LogP contribution in [0.15, 0.2) is 71.8 Å². The molecule has 4 aromatic rings. The Bertz CT molecular complexity index is 2470. The van der Waals surface area contributed by atoms with Gasteiger partial charge < -0.3 is 36.0 Å². The second kappa shape index (κ2) is 21.1. The van der Waals surface area contributed by atoms with E-state index < -0.39 is 81.5 Å². The van der Waals surface area contributed by atoms with Crippen LogP contribution in [0.5, 0.6) is 0 Å². The van der Waals surface area contributed by atoms with Crippen molar-refractivity contribution in [2.24, 2.45) is 11.8 Å². The third-order valence-corrected chi connectivity index (χ3v) is 11.7. The molecule has 0 aliphatic heterocycles. The number of hydrogen-bond acceptors (Lipinski definition) is 10. The van der Waals surface area contributed by atoms with Crippen LogP contribution in [0.25, 0.3) is 21.7 Å². The smallest absolute Gasteiger partial charge is 0.419 e.